The molecule has 1 saturated heterocycles. The zero-order chi connectivity index (χ0) is 13.7. The number of carbonyl (C=O) groups is 1. The fourth-order valence-corrected chi connectivity index (χ4v) is 1.94. The van der Waals surface area contributed by atoms with Crippen LogP contribution in [-0.2, 0) is 4.79 Å². The van der Waals surface area contributed by atoms with Gasteiger partial charge in [0.2, 0.25) is 5.91 Å². The Labute approximate surface area is 111 Å². The van der Waals surface area contributed by atoms with Gasteiger partial charge in [-0.2, -0.15) is 0 Å². The van der Waals surface area contributed by atoms with E-state index in [1.807, 2.05) is 25.9 Å². The molecule has 0 aromatic carbocycles. The summed E-state index contributed by atoms with van der Waals surface area (Å²) in [5.74, 6) is 0.718. The largest absolute Gasteiger partial charge is 0.337 e. The number of likely N-dealkylation sites (N-methyl/N-ethyl adjacent to an activating group) is 1. The van der Waals surface area contributed by atoms with Crippen LogP contribution in [-0.4, -0.2) is 62.5 Å². The van der Waals surface area contributed by atoms with E-state index in [0.29, 0.717) is 5.92 Å². The van der Waals surface area contributed by atoms with E-state index in [4.69, 9.17) is 0 Å². The number of nitrogens with zero attached hydrogens (tertiary/aromatic N) is 2. The number of hydrogen-bond acceptors (Lipinski definition) is 3. The van der Waals surface area contributed by atoms with Crippen LogP contribution in [0.1, 0.15) is 20.8 Å². The Hall–Kier alpha value is -0.870. The van der Waals surface area contributed by atoms with Crippen molar-refractivity contribution >= 4 is 5.91 Å². The third-order valence-electron chi connectivity index (χ3n) is 3.22. The third-order valence-corrected chi connectivity index (χ3v) is 3.22. The molecular weight excluding hydrogens is 226 g/mol. The van der Waals surface area contributed by atoms with E-state index in [1.54, 1.807) is 0 Å². The summed E-state index contributed by atoms with van der Waals surface area (Å²) in [7, 11) is 4.08. The van der Waals surface area contributed by atoms with Crippen molar-refractivity contribution in [2.45, 2.75) is 20.8 Å². The highest BCUT2D eigenvalue weighted by molar-refractivity contribution is 5.94. The standard InChI is InChI=1S/C14H27N3O/c1-11(2)10-17(7-6-16(4)5)14(18)12(3)13-8-15-9-13/h11,15H,6-10H2,1-5H3. The average molecular weight is 253 g/mol. The van der Waals surface area contributed by atoms with Gasteiger partial charge in [0.05, 0.1) is 0 Å². The average Bonchev–Trinajstić information content (AvgIpc) is 2.19. The van der Waals surface area contributed by atoms with E-state index in [2.05, 4.69) is 24.1 Å². The van der Waals surface area contributed by atoms with Gasteiger partial charge in [-0.3, -0.25) is 4.79 Å². The summed E-state index contributed by atoms with van der Waals surface area (Å²) in [6.45, 7) is 10.6. The highest BCUT2D eigenvalue weighted by atomic mass is 16.2. The summed E-state index contributed by atoms with van der Waals surface area (Å²) >= 11 is 0. The molecule has 1 rings (SSSR count). The Morgan fingerprint density at radius 1 is 1.28 bits per heavy atom. The number of carbonyl (C=O) groups excluding carboxylic acids is 1. The van der Waals surface area contributed by atoms with Gasteiger partial charge in [0, 0.05) is 38.3 Å². The van der Waals surface area contributed by atoms with Crippen LogP contribution in [0.3, 0.4) is 0 Å². The van der Waals surface area contributed by atoms with Crippen molar-refractivity contribution in [1.82, 2.24) is 15.1 Å². The lowest BCUT2D eigenvalue weighted by Crippen LogP contribution is -2.42. The van der Waals surface area contributed by atoms with Crippen LogP contribution in [0.25, 0.3) is 0 Å². The predicted molar refractivity (Wildman–Crippen MR) is 75.5 cm³/mol. The lowest BCUT2D eigenvalue weighted by atomic mass is 10.0. The van der Waals surface area contributed by atoms with E-state index in [0.717, 1.165) is 38.3 Å². The van der Waals surface area contributed by atoms with Gasteiger partial charge in [0.25, 0.3) is 0 Å². The molecule has 0 spiro atoms. The fraction of sp³-hybridized carbons (Fsp3) is 0.786. The normalized spacial score (nSPS) is 14.9. The number of nitrogens with one attached hydrogen (secondary N) is 1. The summed E-state index contributed by atoms with van der Waals surface area (Å²) in [5, 5.41) is 3.19. The zero-order valence-corrected chi connectivity index (χ0v) is 12.4. The first-order valence-corrected chi connectivity index (χ1v) is 6.75. The van der Waals surface area contributed by atoms with Crippen molar-refractivity contribution in [1.29, 1.82) is 0 Å². The second kappa shape index (κ2) is 6.90. The van der Waals surface area contributed by atoms with Crippen molar-refractivity contribution < 1.29 is 4.79 Å². The highest BCUT2D eigenvalue weighted by Crippen LogP contribution is 2.13. The molecule has 0 radical (unpaired) electrons. The van der Waals surface area contributed by atoms with E-state index in [9.17, 15) is 4.79 Å². The van der Waals surface area contributed by atoms with Crippen molar-refractivity contribution in [3.05, 3.63) is 11.1 Å². The fourth-order valence-electron chi connectivity index (χ4n) is 1.94. The molecule has 1 aliphatic rings. The molecule has 1 amide bonds. The molecule has 1 fully saturated rings. The Morgan fingerprint density at radius 2 is 1.89 bits per heavy atom. The van der Waals surface area contributed by atoms with Crippen LogP contribution >= 0.6 is 0 Å². The van der Waals surface area contributed by atoms with Crippen LogP contribution < -0.4 is 5.32 Å². The summed E-state index contributed by atoms with van der Waals surface area (Å²) in [6, 6.07) is 0. The first-order chi connectivity index (χ1) is 8.41. The smallest absolute Gasteiger partial charge is 0.249 e. The lowest BCUT2D eigenvalue weighted by Gasteiger charge is -2.29. The molecule has 0 unspecified atom stereocenters. The Morgan fingerprint density at radius 3 is 2.28 bits per heavy atom. The topological polar surface area (TPSA) is 35.6 Å². The second-order valence-electron chi connectivity index (χ2n) is 5.78. The minimum absolute atomic E-state index is 0.210. The lowest BCUT2D eigenvalue weighted by molar-refractivity contribution is -0.127. The van der Waals surface area contributed by atoms with Crippen LogP contribution in [0.5, 0.6) is 0 Å². The van der Waals surface area contributed by atoms with E-state index in [1.165, 1.54) is 5.57 Å². The van der Waals surface area contributed by atoms with Gasteiger partial charge in [-0.05, 0) is 32.5 Å². The number of hydrogen-bond donors (Lipinski definition) is 1. The molecule has 104 valence electrons. The van der Waals surface area contributed by atoms with Gasteiger partial charge in [-0.1, -0.05) is 13.8 Å². The van der Waals surface area contributed by atoms with Gasteiger partial charge < -0.3 is 15.1 Å². The summed E-state index contributed by atoms with van der Waals surface area (Å²) in [4.78, 5) is 16.6. The van der Waals surface area contributed by atoms with E-state index >= 15 is 0 Å². The molecule has 1 heterocycles. The monoisotopic (exact) mass is 253 g/mol. The van der Waals surface area contributed by atoms with Crippen LogP contribution in [0.2, 0.25) is 0 Å². The maximum absolute atomic E-state index is 12.4. The van der Waals surface area contributed by atoms with Crippen LogP contribution in [0, 0.1) is 5.92 Å². The summed E-state index contributed by atoms with van der Waals surface area (Å²) in [6.07, 6.45) is 0. The van der Waals surface area contributed by atoms with Crippen molar-refractivity contribution in [3.63, 3.8) is 0 Å². The van der Waals surface area contributed by atoms with Gasteiger partial charge in [-0.15, -0.1) is 0 Å². The first kappa shape index (κ1) is 15.2. The molecule has 1 N–H and O–H groups in total. The van der Waals surface area contributed by atoms with Gasteiger partial charge in [0.1, 0.15) is 0 Å². The van der Waals surface area contributed by atoms with E-state index < -0.39 is 0 Å². The van der Waals surface area contributed by atoms with Crippen molar-refractivity contribution in [2.24, 2.45) is 5.92 Å². The predicted octanol–water partition coefficient (Wildman–Crippen LogP) is 0.952. The highest BCUT2D eigenvalue weighted by Gasteiger charge is 2.21. The number of rotatable bonds is 6. The van der Waals surface area contributed by atoms with Gasteiger partial charge >= 0.3 is 0 Å². The maximum Gasteiger partial charge on any atom is 0.249 e. The molecule has 1 aliphatic heterocycles. The number of amides is 1. The van der Waals surface area contributed by atoms with Crippen LogP contribution in [0.15, 0.2) is 11.1 Å². The molecular formula is C14H27N3O. The third kappa shape index (κ3) is 4.42. The van der Waals surface area contributed by atoms with Crippen molar-refractivity contribution in [3.8, 4) is 0 Å². The minimum atomic E-state index is 0.210. The molecule has 4 heteroatoms. The minimum Gasteiger partial charge on any atom is -0.337 e. The Kier molecular flexibility index (Phi) is 5.82. The summed E-state index contributed by atoms with van der Waals surface area (Å²) < 4.78 is 0. The maximum atomic E-state index is 12.4. The molecule has 0 aromatic rings. The molecule has 4 nitrogen and oxygen atoms in total. The molecule has 18 heavy (non-hydrogen) atoms. The van der Waals surface area contributed by atoms with Crippen LogP contribution in [0.4, 0.5) is 0 Å². The van der Waals surface area contributed by atoms with Gasteiger partial charge in [-0.25, -0.2) is 0 Å². The summed E-state index contributed by atoms with van der Waals surface area (Å²) in [5.41, 5.74) is 2.20. The molecule has 0 bridgehead atoms. The molecule has 0 aliphatic carbocycles. The van der Waals surface area contributed by atoms with Crippen molar-refractivity contribution in [2.75, 3.05) is 46.8 Å². The Bertz CT molecular complexity index is 315. The second-order valence-corrected chi connectivity index (χ2v) is 5.78. The quantitative estimate of drug-likeness (QED) is 0.716. The molecule has 0 saturated carbocycles. The van der Waals surface area contributed by atoms with Gasteiger partial charge in [0.15, 0.2) is 0 Å². The zero-order valence-electron chi connectivity index (χ0n) is 12.4. The van der Waals surface area contributed by atoms with E-state index in [-0.39, 0.29) is 5.91 Å². The first-order valence-electron chi connectivity index (χ1n) is 6.75. The molecule has 0 atom stereocenters. The molecule has 0 aromatic heterocycles. The SMILES string of the molecule is CC(C(=O)N(CCN(C)C)CC(C)C)=C1CNC1. The Balaban J connectivity index is 2.65.